The molecule has 2 atom stereocenters. The SMILES string of the molecule is COCC(=O)N[C@@H]1CN(C(=O)c2cccc(C)c2)C[C@H]1c1nc(-c2ccccc2)n[nH]1. The van der Waals surface area contributed by atoms with Crippen LogP contribution in [0, 0.1) is 6.92 Å². The van der Waals surface area contributed by atoms with Crippen LogP contribution >= 0.6 is 0 Å². The normalized spacial score (nSPS) is 18.2. The summed E-state index contributed by atoms with van der Waals surface area (Å²) in [4.78, 5) is 31.7. The fourth-order valence-electron chi connectivity index (χ4n) is 3.89. The summed E-state index contributed by atoms with van der Waals surface area (Å²) in [6.07, 6.45) is 0. The minimum absolute atomic E-state index is 0.0410. The number of nitrogens with one attached hydrogen (secondary N) is 2. The van der Waals surface area contributed by atoms with E-state index in [4.69, 9.17) is 4.74 Å². The molecule has 0 bridgehead atoms. The summed E-state index contributed by atoms with van der Waals surface area (Å²) in [6, 6.07) is 16.9. The molecule has 31 heavy (non-hydrogen) atoms. The van der Waals surface area contributed by atoms with E-state index in [9.17, 15) is 9.59 Å². The first-order valence-electron chi connectivity index (χ1n) is 10.2. The number of amides is 2. The maximum Gasteiger partial charge on any atom is 0.253 e. The highest BCUT2D eigenvalue weighted by Crippen LogP contribution is 2.28. The third-order valence-electron chi connectivity index (χ3n) is 5.38. The number of aryl methyl sites for hydroxylation is 1. The van der Waals surface area contributed by atoms with Crippen LogP contribution in [0.2, 0.25) is 0 Å². The fraction of sp³-hybridized carbons (Fsp3) is 0.304. The summed E-state index contributed by atoms with van der Waals surface area (Å²) in [6.45, 7) is 2.72. The molecule has 0 radical (unpaired) electrons. The molecule has 1 aliphatic rings. The number of methoxy groups -OCH3 is 1. The molecule has 3 aromatic rings. The summed E-state index contributed by atoms with van der Waals surface area (Å²) < 4.78 is 4.95. The van der Waals surface area contributed by atoms with Crippen molar-refractivity contribution in [2.45, 2.75) is 18.9 Å². The second-order valence-electron chi connectivity index (χ2n) is 7.70. The van der Waals surface area contributed by atoms with Crippen LogP contribution in [0.1, 0.15) is 27.7 Å². The van der Waals surface area contributed by atoms with Gasteiger partial charge in [0, 0.05) is 31.3 Å². The summed E-state index contributed by atoms with van der Waals surface area (Å²) in [5.41, 5.74) is 2.55. The third kappa shape index (κ3) is 4.64. The molecule has 2 heterocycles. The van der Waals surface area contributed by atoms with Crippen molar-refractivity contribution in [3.8, 4) is 11.4 Å². The van der Waals surface area contributed by atoms with E-state index in [0.29, 0.717) is 30.3 Å². The first-order valence-corrected chi connectivity index (χ1v) is 10.2. The molecule has 2 N–H and O–H groups in total. The van der Waals surface area contributed by atoms with Gasteiger partial charge in [-0.1, -0.05) is 48.0 Å². The van der Waals surface area contributed by atoms with Gasteiger partial charge in [0.1, 0.15) is 12.4 Å². The highest BCUT2D eigenvalue weighted by atomic mass is 16.5. The van der Waals surface area contributed by atoms with Gasteiger partial charge in [-0.2, -0.15) is 5.10 Å². The maximum atomic E-state index is 13.1. The predicted molar refractivity (Wildman–Crippen MR) is 115 cm³/mol. The molecule has 0 unspecified atom stereocenters. The van der Waals surface area contributed by atoms with E-state index in [1.165, 1.54) is 7.11 Å². The lowest BCUT2D eigenvalue weighted by Gasteiger charge is -2.18. The predicted octanol–water partition coefficient (Wildman–Crippen LogP) is 2.15. The van der Waals surface area contributed by atoms with Crippen LogP contribution in [0.4, 0.5) is 0 Å². The van der Waals surface area contributed by atoms with Crippen LogP contribution < -0.4 is 5.32 Å². The Kier molecular flexibility index (Phi) is 6.08. The third-order valence-corrected chi connectivity index (χ3v) is 5.38. The van der Waals surface area contributed by atoms with E-state index >= 15 is 0 Å². The van der Waals surface area contributed by atoms with Crippen LogP contribution in [-0.4, -0.2) is 64.7 Å². The summed E-state index contributed by atoms with van der Waals surface area (Å²) >= 11 is 0. The first kappa shape index (κ1) is 20.7. The number of hydrogen-bond acceptors (Lipinski definition) is 5. The van der Waals surface area contributed by atoms with Gasteiger partial charge in [0.25, 0.3) is 5.91 Å². The van der Waals surface area contributed by atoms with Gasteiger partial charge < -0.3 is 15.0 Å². The summed E-state index contributed by atoms with van der Waals surface area (Å²) in [5, 5.41) is 10.3. The topological polar surface area (TPSA) is 100 Å². The van der Waals surface area contributed by atoms with E-state index in [0.717, 1.165) is 11.1 Å². The Morgan fingerprint density at radius 2 is 1.97 bits per heavy atom. The Bertz CT molecular complexity index is 1070. The molecule has 8 nitrogen and oxygen atoms in total. The number of hydrogen-bond donors (Lipinski definition) is 2. The molecule has 2 aromatic carbocycles. The van der Waals surface area contributed by atoms with E-state index < -0.39 is 0 Å². The van der Waals surface area contributed by atoms with Gasteiger partial charge >= 0.3 is 0 Å². The minimum Gasteiger partial charge on any atom is -0.375 e. The molecule has 1 saturated heterocycles. The van der Waals surface area contributed by atoms with Crippen LogP contribution in [0.5, 0.6) is 0 Å². The lowest BCUT2D eigenvalue weighted by Crippen LogP contribution is -2.42. The number of ether oxygens (including phenoxy) is 1. The molecule has 8 heteroatoms. The number of aromatic nitrogens is 3. The molecule has 0 aliphatic carbocycles. The number of aromatic amines is 1. The minimum atomic E-state index is -0.298. The van der Waals surface area contributed by atoms with Crippen molar-refractivity contribution in [2.24, 2.45) is 0 Å². The number of nitrogens with zero attached hydrogens (tertiary/aromatic N) is 3. The number of benzene rings is 2. The van der Waals surface area contributed by atoms with Gasteiger partial charge in [0.15, 0.2) is 5.82 Å². The van der Waals surface area contributed by atoms with Crippen molar-refractivity contribution in [3.63, 3.8) is 0 Å². The number of carbonyl (C=O) groups is 2. The molecule has 0 saturated carbocycles. The van der Waals surface area contributed by atoms with Gasteiger partial charge in [-0.05, 0) is 19.1 Å². The van der Waals surface area contributed by atoms with Crippen molar-refractivity contribution in [3.05, 3.63) is 71.5 Å². The molecular formula is C23H25N5O3. The molecule has 2 amide bonds. The van der Waals surface area contributed by atoms with Crippen LogP contribution in [-0.2, 0) is 9.53 Å². The van der Waals surface area contributed by atoms with Crippen molar-refractivity contribution in [2.75, 3.05) is 26.8 Å². The second kappa shape index (κ2) is 9.09. The smallest absolute Gasteiger partial charge is 0.253 e. The fourth-order valence-corrected chi connectivity index (χ4v) is 3.89. The first-order chi connectivity index (χ1) is 15.0. The van der Waals surface area contributed by atoms with Crippen molar-refractivity contribution >= 4 is 11.8 Å². The van der Waals surface area contributed by atoms with Crippen LogP contribution in [0.3, 0.4) is 0 Å². The number of likely N-dealkylation sites (tertiary alicyclic amines) is 1. The number of H-pyrrole nitrogens is 1. The van der Waals surface area contributed by atoms with E-state index in [1.807, 2.05) is 61.5 Å². The summed E-state index contributed by atoms with van der Waals surface area (Å²) in [7, 11) is 1.47. The van der Waals surface area contributed by atoms with E-state index in [-0.39, 0.29) is 30.4 Å². The van der Waals surface area contributed by atoms with Crippen LogP contribution in [0.15, 0.2) is 54.6 Å². The van der Waals surface area contributed by atoms with Gasteiger partial charge in [-0.25, -0.2) is 4.98 Å². The van der Waals surface area contributed by atoms with Crippen molar-refractivity contribution in [1.82, 2.24) is 25.4 Å². The van der Waals surface area contributed by atoms with Crippen LogP contribution in [0.25, 0.3) is 11.4 Å². The van der Waals surface area contributed by atoms with Gasteiger partial charge in [0.2, 0.25) is 5.91 Å². The summed E-state index contributed by atoms with van der Waals surface area (Å²) in [5.74, 6) is 0.715. The Labute approximate surface area is 180 Å². The van der Waals surface area contributed by atoms with Gasteiger partial charge in [-0.3, -0.25) is 14.7 Å². The number of carbonyl (C=O) groups excluding carboxylic acids is 2. The molecule has 0 spiro atoms. The van der Waals surface area contributed by atoms with Crippen molar-refractivity contribution in [1.29, 1.82) is 0 Å². The lowest BCUT2D eigenvalue weighted by molar-refractivity contribution is -0.125. The zero-order valence-corrected chi connectivity index (χ0v) is 17.5. The van der Waals surface area contributed by atoms with E-state index in [1.54, 1.807) is 4.90 Å². The Morgan fingerprint density at radius 1 is 1.16 bits per heavy atom. The average Bonchev–Trinajstić information content (AvgIpc) is 3.41. The molecular weight excluding hydrogens is 394 g/mol. The number of rotatable bonds is 6. The van der Waals surface area contributed by atoms with Gasteiger partial charge in [0.05, 0.1) is 12.0 Å². The largest absolute Gasteiger partial charge is 0.375 e. The average molecular weight is 419 g/mol. The molecule has 1 aliphatic heterocycles. The monoisotopic (exact) mass is 419 g/mol. The highest BCUT2D eigenvalue weighted by molar-refractivity contribution is 5.94. The quantitative estimate of drug-likeness (QED) is 0.638. The molecule has 1 fully saturated rings. The van der Waals surface area contributed by atoms with Gasteiger partial charge in [-0.15, -0.1) is 0 Å². The van der Waals surface area contributed by atoms with Crippen molar-refractivity contribution < 1.29 is 14.3 Å². The second-order valence-corrected chi connectivity index (χ2v) is 7.70. The Balaban J connectivity index is 1.58. The Morgan fingerprint density at radius 3 is 2.71 bits per heavy atom. The zero-order chi connectivity index (χ0) is 21.8. The molecule has 4 rings (SSSR count). The standard InChI is InChI=1S/C23H25N5O3/c1-15-7-6-10-17(11-15)23(30)28-12-18(19(13-28)24-20(29)14-31-2)22-25-21(26-27-22)16-8-4-3-5-9-16/h3-11,18-19H,12-14H2,1-2H3,(H,24,29)(H,25,26,27)/t18-,19-/m1/s1. The lowest BCUT2D eigenvalue weighted by atomic mass is 10.0. The molecule has 1 aromatic heterocycles. The van der Waals surface area contributed by atoms with E-state index in [2.05, 4.69) is 20.5 Å². The highest BCUT2D eigenvalue weighted by Gasteiger charge is 2.39. The Hall–Kier alpha value is -3.52. The maximum absolute atomic E-state index is 13.1. The molecule has 160 valence electrons. The zero-order valence-electron chi connectivity index (χ0n) is 17.5.